The summed E-state index contributed by atoms with van der Waals surface area (Å²) in [5, 5.41) is 20.3. The molecule has 58 valence electrons. The summed E-state index contributed by atoms with van der Waals surface area (Å²) in [5.41, 5.74) is 0. The molecular formula is C2H6IN2O4-3. The SMILES string of the molecule is COON([O-])[I-]N(C)[O-]. The van der Waals surface area contributed by atoms with Crippen molar-refractivity contribution in [3.8, 4) is 0 Å². The van der Waals surface area contributed by atoms with Gasteiger partial charge in [-0.1, -0.05) is 0 Å². The van der Waals surface area contributed by atoms with Crippen molar-refractivity contribution >= 4 is 0 Å². The number of hydrogen-bond donors (Lipinski definition) is 0. The number of nitrogens with zero attached hydrogens (tertiary/aromatic N) is 2. The predicted molar refractivity (Wildman–Crippen MR) is 24.4 cm³/mol. The molecule has 0 aliphatic heterocycles. The van der Waals surface area contributed by atoms with Gasteiger partial charge in [-0.2, -0.15) is 0 Å². The molecule has 0 aromatic rings. The normalized spacial score (nSPS) is 11.8. The van der Waals surface area contributed by atoms with Crippen molar-refractivity contribution in [3.05, 3.63) is 10.4 Å². The van der Waals surface area contributed by atoms with Crippen LogP contribution >= 0.6 is 0 Å². The summed E-state index contributed by atoms with van der Waals surface area (Å²) in [4.78, 5) is 7.92. The molecule has 0 aromatic heterocycles. The maximum atomic E-state index is 10.2. The van der Waals surface area contributed by atoms with E-state index in [0.29, 0.717) is 3.28 Å². The van der Waals surface area contributed by atoms with Crippen LogP contribution in [0.25, 0.3) is 0 Å². The summed E-state index contributed by atoms with van der Waals surface area (Å²) >= 11 is -1.30. The zero-order valence-corrected chi connectivity index (χ0v) is 7.06. The third-order valence-electron chi connectivity index (χ3n) is 0.301. The van der Waals surface area contributed by atoms with Crippen LogP contribution < -0.4 is 21.8 Å². The van der Waals surface area contributed by atoms with E-state index in [1.165, 1.54) is 14.2 Å². The average Bonchev–Trinajstić information content (AvgIpc) is 1.63. The molecule has 9 heavy (non-hydrogen) atoms. The van der Waals surface area contributed by atoms with E-state index in [1.807, 2.05) is 0 Å². The zero-order valence-electron chi connectivity index (χ0n) is 4.91. The van der Waals surface area contributed by atoms with Gasteiger partial charge in [0.15, 0.2) is 0 Å². The molecule has 0 rings (SSSR count). The van der Waals surface area contributed by atoms with Crippen LogP contribution in [0, 0.1) is 10.4 Å². The number of hydrogen-bond acceptors (Lipinski definition) is 6. The maximum absolute atomic E-state index is 10.2. The van der Waals surface area contributed by atoms with E-state index in [1.54, 1.807) is 0 Å². The Labute approximate surface area is 63.3 Å². The molecule has 0 aliphatic carbocycles. The van der Waals surface area contributed by atoms with Crippen molar-refractivity contribution in [2.24, 2.45) is 0 Å². The molecule has 0 heterocycles. The Morgan fingerprint density at radius 3 is 2.33 bits per heavy atom. The minimum absolute atomic E-state index is 0.131. The molecule has 7 heteroatoms. The summed E-state index contributed by atoms with van der Waals surface area (Å²) in [6, 6.07) is 0. The van der Waals surface area contributed by atoms with Gasteiger partial charge in [-0.05, 0) is 0 Å². The fourth-order valence-electron chi connectivity index (χ4n) is 0.158. The van der Waals surface area contributed by atoms with Gasteiger partial charge in [-0.25, -0.2) is 0 Å². The van der Waals surface area contributed by atoms with E-state index in [9.17, 15) is 10.4 Å². The first kappa shape index (κ1) is 9.49. The van der Waals surface area contributed by atoms with Gasteiger partial charge in [-0.15, -0.1) is 0 Å². The monoisotopic (exact) mass is 249 g/mol. The van der Waals surface area contributed by atoms with E-state index in [-0.39, 0.29) is 3.44 Å². The fourth-order valence-corrected chi connectivity index (χ4v) is 0.887. The third-order valence-corrected chi connectivity index (χ3v) is 1.42. The minimum atomic E-state index is -1.30. The molecule has 0 unspecified atom stereocenters. The Bertz CT molecular complexity index is 71.6. The summed E-state index contributed by atoms with van der Waals surface area (Å²) < 4.78 is 0.650. The first-order chi connectivity index (χ1) is 4.16. The molecule has 0 spiro atoms. The second kappa shape index (κ2) is 5.29. The fraction of sp³-hybridized carbons (Fsp3) is 1.00. The molecular weight excluding hydrogens is 243 g/mol. The van der Waals surface area contributed by atoms with Crippen LogP contribution in [0.5, 0.6) is 0 Å². The van der Waals surface area contributed by atoms with Crippen LogP contribution in [0.1, 0.15) is 0 Å². The number of rotatable bonds is 4. The van der Waals surface area contributed by atoms with Gasteiger partial charge in [0.2, 0.25) is 0 Å². The van der Waals surface area contributed by atoms with E-state index in [4.69, 9.17) is 0 Å². The van der Waals surface area contributed by atoms with Crippen LogP contribution in [-0.2, 0) is 9.88 Å². The van der Waals surface area contributed by atoms with Crippen molar-refractivity contribution in [1.82, 2.24) is 6.72 Å². The molecule has 0 saturated carbocycles. The molecule has 0 fully saturated rings. The van der Waals surface area contributed by atoms with E-state index < -0.39 is 21.8 Å². The molecule has 0 radical (unpaired) electrons. The van der Waals surface area contributed by atoms with E-state index in [0.717, 1.165) is 0 Å². The summed E-state index contributed by atoms with van der Waals surface area (Å²) in [7, 11) is 2.44. The van der Waals surface area contributed by atoms with Gasteiger partial charge >= 0.3 is 62.9 Å². The Morgan fingerprint density at radius 2 is 2.00 bits per heavy atom. The van der Waals surface area contributed by atoms with Gasteiger partial charge < -0.3 is 0 Å². The molecule has 0 aromatic carbocycles. The first-order valence-corrected chi connectivity index (χ1v) is 3.84. The van der Waals surface area contributed by atoms with Crippen molar-refractivity contribution in [3.63, 3.8) is 0 Å². The molecule has 0 atom stereocenters. The quantitative estimate of drug-likeness (QED) is 0.224. The summed E-state index contributed by atoms with van der Waals surface area (Å²) in [5.74, 6) is 0. The van der Waals surface area contributed by atoms with Gasteiger partial charge in [0.05, 0.1) is 0 Å². The summed E-state index contributed by atoms with van der Waals surface area (Å²) in [6.07, 6.45) is 0. The van der Waals surface area contributed by atoms with Gasteiger partial charge in [0.25, 0.3) is 0 Å². The molecule has 6 nitrogen and oxygen atoms in total. The summed E-state index contributed by atoms with van der Waals surface area (Å²) in [6.45, 7) is 0. The molecule has 0 amide bonds. The van der Waals surface area contributed by atoms with Crippen LogP contribution in [0.3, 0.4) is 0 Å². The Morgan fingerprint density at radius 1 is 1.44 bits per heavy atom. The number of halogens is 1. The second-order valence-corrected chi connectivity index (χ2v) is 3.53. The van der Waals surface area contributed by atoms with E-state index in [2.05, 4.69) is 9.88 Å². The predicted octanol–water partition coefficient (Wildman–Crippen LogP) is -3.37. The van der Waals surface area contributed by atoms with Gasteiger partial charge in [-0.3, -0.25) is 0 Å². The van der Waals surface area contributed by atoms with Crippen LogP contribution in [-0.4, -0.2) is 20.9 Å². The Balaban J connectivity index is 3.15. The standard InChI is InChI=1S/C2H6IN2O4/c1-4(6)3-5(7)9-8-2/h1-2H3/q-3. The van der Waals surface area contributed by atoms with Crippen molar-refractivity contribution in [1.29, 1.82) is 0 Å². The van der Waals surface area contributed by atoms with Gasteiger partial charge in [0, 0.05) is 0 Å². The third kappa shape index (κ3) is 6.37. The number of hydroxylamine groups is 1. The van der Waals surface area contributed by atoms with Crippen molar-refractivity contribution < 1.29 is 31.6 Å². The van der Waals surface area contributed by atoms with Crippen LogP contribution in [0.15, 0.2) is 0 Å². The van der Waals surface area contributed by atoms with Crippen LogP contribution in [0.4, 0.5) is 0 Å². The molecule has 0 N–H and O–H groups in total. The van der Waals surface area contributed by atoms with Crippen LogP contribution in [0.2, 0.25) is 0 Å². The Kier molecular flexibility index (Phi) is 5.58. The molecule has 0 bridgehead atoms. The van der Waals surface area contributed by atoms with Crippen molar-refractivity contribution in [2.75, 3.05) is 14.2 Å². The first-order valence-electron chi connectivity index (χ1n) is 1.91. The zero-order chi connectivity index (χ0) is 7.28. The van der Waals surface area contributed by atoms with Gasteiger partial charge in [0.1, 0.15) is 0 Å². The van der Waals surface area contributed by atoms with E-state index >= 15 is 0 Å². The second-order valence-electron chi connectivity index (χ2n) is 0.950. The molecule has 0 aliphatic rings. The Hall–Kier alpha value is 0.490. The topological polar surface area (TPSA) is 71.1 Å². The van der Waals surface area contributed by atoms with Crippen molar-refractivity contribution in [2.45, 2.75) is 0 Å². The molecule has 0 saturated heterocycles. The average molecular weight is 249 g/mol.